The van der Waals surface area contributed by atoms with E-state index in [1.54, 1.807) is 29.7 Å². The average molecular weight is 213 g/mol. The molecule has 1 heterocycles. The minimum Gasteiger partial charge on any atom is -0.298 e. The number of thioether (sulfide) groups is 1. The van der Waals surface area contributed by atoms with Crippen LogP contribution in [0.25, 0.3) is 0 Å². The van der Waals surface area contributed by atoms with Gasteiger partial charge in [-0.2, -0.15) is 11.8 Å². The molecular formula is C9H15N3OS. The van der Waals surface area contributed by atoms with Crippen LogP contribution < -0.4 is 0 Å². The van der Waals surface area contributed by atoms with E-state index in [0.717, 1.165) is 5.69 Å². The summed E-state index contributed by atoms with van der Waals surface area (Å²) in [6.45, 7) is 4.17. The number of rotatable bonds is 5. The van der Waals surface area contributed by atoms with Crippen LogP contribution >= 0.6 is 11.8 Å². The lowest BCUT2D eigenvalue weighted by molar-refractivity contribution is -0.116. The van der Waals surface area contributed by atoms with Crippen LogP contribution in [0.5, 0.6) is 0 Å². The van der Waals surface area contributed by atoms with Gasteiger partial charge >= 0.3 is 0 Å². The molecular weight excluding hydrogens is 198 g/mol. The van der Waals surface area contributed by atoms with Crippen molar-refractivity contribution in [2.45, 2.75) is 25.5 Å². The molecule has 0 radical (unpaired) electrons. The Bertz CT molecular complexity index is 309. The van der Waals surface area contributed by atoms with Crippen LogP contribution in [0.2, 0.25) is 0 Å². The fraction of sp³-hybridized carbons (Fsp3) is 0.667. The second kappa shape index (κ2) is 5.14. The van der Waals surface area contributed by atoms with Crippen molar-refractivity contribution in [1.82, 2.24) is 15.0 Å². The molecule has 0 aromatic carbocycles. The number of hydrogen-bond donors (Lipinski definition) is 0. The molecule has 0 unspecified atom stereocenters. The van der Waals surface area contributed by atoms with Gasteiger partial charge in [0.15, 0.2) is 0 Å². The number of carbonyl (C=O) groups is 1. The molecule has 0 saturated carbocycles. The van der Waals surface area contributed by atoms with Crippen molar-refractivity contribution in [2.75, 3.05) is 5.75 Å². The molecule has 0 saturated heterocycles. The van der Waals surface area contributed by atoms with E-state index in [1.807, 2.05) is 0 Å². The van der Waals surface area contributed by atoms with Crippen LogP contribution in [0.4, 0.5) is 0 Å². The lowest BCUT2D eigenvalue weighted by Crippen LogP contribution is -2.08. The maximum atomic E-state index is 11.4. The molecule has 0 aliphatic carbocycles. The smallest absolute Gasteiger partial charge is 0.148 e. The highest BCUT2D eigenvalue weighted by molar-refractivity contribution is 8.00. The molecule has 78 valence electrons. The Kier molecular flexibility index (Phi) is 4.13. The number of aryl methyl sites for hydroxylation is 1. The lowest BCUT2D eigenvalue weighted by atomic mass is 10.2. The topological polar surface area (TPSA) is 47.8 Å². The molecule has 0 spiro atoms. The fourth-order valence-electron chi connectivity index (χ4n) is 0.989. The number of Topliss-reactive ketones (excluding diaryl/α,β-unsaturated/α-hetero) is 1. The number of nitrogens with zero attached hydrogens (tertiary/aromatic N) is 3. The highest BCUT2D eigenvalue weighted by Gasteiger charge is 2.07. The third-order valence-electron chi connectivity index (χ3n) is 1.61. The van der Waals surface area contributed by atoms with Gasteiger partial charge in [0.1, 0.15) is 5.78 Å². The number of hydrogen-bond acceptors (Lipinski definition) is 4. The highest BCUT2D eigenvalue weighted by Crippen LogP contribution is 2.09. The van der Waals surface area contributed by atoms with Crippen molar-refractivity contribution in [2.24, 2.45) is 7.05 Å². The Morgan fingerprint density at radius 1 is 1.64 bits per heavy atom. The predicted octanol–water partition coefficient (Wildman–Crippen LogP) is 1.07. The van der Waals surface area contributed by atoms with Crippen molar-refractivity contribution < 1.29 is 4.79 Å². The number of carbonyl (C=O) groups excluding carboxylic acids is 1. The molecule has 0 N–H and O–H groups in total. The summed E-state index contributed by atoms with van der Waals surface area (Å²) in [6, 6.07) is 0. The molecule has 0 fully saturated rings. The maximum absolute atomic E-state index is 11.4. The van der Waals surface area contributed by atoms with E-state index in [9.17, 15) is 4.79 Å². The van der Waals surface area contributed by atoms with Gasteiger partial charge in [-0.3, -0.25) is 9.48 Å². The minimum absolute atomic E-state index is 0.212. The van der Waals surface area contributed by atoms with Crippen molar-refractivity contribution in [3.63, 3.8) is 0 Å². The van der Waals surface area contributed by atoms with Gasteiger partial charge in [-0.15, -0.1) is 5.10 Å². The van der Waals surface area contributed by atoms with Crippen molar-refractivity contribution in [3.8, 4) is 0 Å². The quantitative estimate of drug-likeness (QED) is 0.734. The largest absolute Gasteiger partial charge is 0.298 e. The molecule has 4 nitrogen and oxygen atoms in total. The van der Waals surface area contributed by atoms with E-state index < -0.39 is 0 Å². The van der Waals surface area contributed by atoms with Gasteiger partial charge in [0.25, 0.3) is 0 Å². The Balaban J connectivity index is 2.34. The standard InChI is InChI=1S/C9H15N3OS/c1-7(2)14-6-9(13)4-8-5-12(3)11-10-8/h5,7H,4,6H2,1-3H3. The summed E-state index contributed by atoms with van der Waals surface area (Å²) in [5.41, 5.74) is 0.752. The Morgan fingerprint density at radius 3 is 2.86 bits per heavy atom. The Hall–Kier alpha value is -0.840. The second-order valence-corrected chi connectivity index (χ2v) is 5.02. The van der Waals surface area contributed by atoms with Crippen LogP contribution in [0.15, 0.2) is 6.20 Å². The molecule has 14 heavy (non-hydrogen) atoms. The van der Waals surface area contributed by atoms with Crippen LogP contribution in [-0.4, -0.2) is 31.8 Å². The summed E-state index contributed by atoms with van der Waals surface area (Å²) in [7, 11) is 1.80. The molecule has 0 bridgehead atoms. The van der Waals surface area contributed by atoms with Gasteiger partial charge in [0.05, 0.1) is 17.9 Å². The predicted molar refractivity (Wildman–Crippen MR) is 57.3 cm³/mol. The van der Waals surface area contributed by atoms with Crippen LogP contribution in [0.1, 0.15) is 19.5 Å². The summed E-state index contributed by atoms with van der Waals surface area (Å²) in [5, 5.41) is 8.14. The first kappa shape index (κ1) is 11.2. The van der Waals surface area contributed by atoms with E-state index >= 15 is 0 Å². The van der Waals surface area contributed by atoms with Gasteiger partial charge in [0.2, 0.25) is 0 Å². The van der Waals surface area contributed by atoms with Crippen LogP contribution in [0, 0.1) is 0 Å². The zero-order valence-corrected chi connectivity index (χ0v) is 9.54. The molecule has 1 aromatic heterocycles. The van der Waals surface area contributed by atoms with Crippen molar-refractivity contribution in [1.29, 1.82) is 0 Å². The zero-order valence-electron chi connectivity index (χ0n) is 8.73. The lowest BCUT2D eigenvalue weighted by Gasteiger charge is -2.01. The third kappa shape index (κ3) is 3.91. The fourth-order valence-corrected chi connectivity index (χ4v) is 1.61. The van der Waals surface area contributed by atoms with Gasteiger partial charge < -0.3 is 0 Å². The summed E-state index contributed by atoms with van der Waals surface area (Å²) in [5.74, 6) is 0.776. The average Bonchev–Trinajstić information content (AvgIpc) is 2.48. The Morgan fingerprint density at radius 2 is 2.36 bits per heavy atom. The van der Waals surface area contributed by atoms with Gasteiger partial charge in [0, 0.05) is 13.2 Å². The molecule has 1 rings (SSSR count). The van der Waals surface area contributed by atoms with E-state index in [2.05, 4.69) is 24.2 Å². The highest BCUT2D eigenvalue weighted by atomic mass is 32.2. The first-order valence-electron chi connectivity index (χ1n) is 4.56. The van der Waals surface area contributed by atoms with Crippen molar-refractivity contribution in [3.05, 3.63) is 11.9 Å². The molecule has 0 aliphatic heterocycles. The third-order valence-corrected chi connectivity index (χ3v) is 2.76. The molecule has 5 heteroatoms. The summed E-state index contributed by atoms with van der Waals surface area (Å²) in [4.78, 5) is 11.4. The van der Waals surface area contributed by atoms with E-state index in [4.69, 9.17) is 0 Å². The van der Waals surface area contributed by atoms with Gasteiger partial charge in [-0.25, -0.2) is 0 Å². The molecule has 0 atom stereocenters. The maximum Gasteiger partial charge on any atom is 0.148 e. The van der Waals surface area contributed by atoms with Crippen molar-refractivity contribution >= 4 is 17.5 Å². The summed E-state index contributed by atoms with van der Waals surface area (Å²) < 4.78 is 1.61. The van der Waals surface area contributed by atoms with Gasteiger partial charge in [-0.05, 0) is 5.25 Å². The first-order valence-corrected chi connectivity index (χ1v) is 5.61. The second-order valence-electron chi connectivity index (χ2n) is 3.46. The van der Waals surface area contributed by atoms with E-state index in [-0.39, 0.29) is 5.78 Å². The monoisotopic (exact) mass is 213 g/mol. The number of ketones is 1. The van der Waals surface area contributed by atoms with E-state index in [1.165, 1.54) is 0 Å². The van der Waals surface area contributed by atoms with Gasteiger partial charge in [-0.1, -0.05) is 19.1 Å². The zero-order chi connectivity index (χ0) is 10.6. The van der Waals surface area contributed by atoms with Crippen LogP contribution in [0.3, 0.4) is 0 Å². The van der Waals surface area contributed by atoms with E-state index in [0.29, 0.717) is 17.4 Å². The minimum atomic E-state index is 0.212. The molecule has 1 aromatic rings. The SMILES string of the molecule is CC(C)SCC(=O)Cc1cn(C)nn1. The first-order chi connectivity index (χ1) is 6.58. The summed E-state index contributed by atoms with van der Waals surface area (Å²) >= 11 is 1.66. The molecule has 0 amide bonds. The molecule has 0 aliphatic rings. The summed E-state index contributed by atoms with van der Waals surface area (Å²) in [6.07, 6.45) is 2.17. The van der Waals surface area contributed by atoms with Crippen LogP contribution in [-0.2, 0) is 18.3 Å². The Labute approximate surface area is 88.1 Å². The normalized spacial score (nSPS) is 10.9. The number of aromatic nitrogens is 3.